The first-order valence-corrected chi connectivity index (χ1v) is 7.99. The Morgan fingerprint density at radius 1 is 0.957 bits per heavy atom. The maximum Gasteiger partial charge on any atom is 0.158 e. The highest BCUT2D eigenvalue weighted by molar-refractivity contribution is 6.30. The summed E-state index contributed by atoms with van der Waals surface area (Å²) in [6.07, 6.45) is -0.470. The number of halogens is 1. The van der Waals surface area contributed by atoms with Gasteiger partial charge in [0.1, 0.15) is 25.0 Å². The molecule has 1 heterocycles. The Kier molecular flexibility index (Phi) is 5.13. The van der Waals surface area contributed by atoms with E-state index in [4.69, 9.17) is 16.0 Å². The molecular weight excluding hydrogens is 310 g/mol. The van der Waals surface area contributed by atoms with Gasteiger partial charge in [0.25, 0.3) is 0 Å². The predicted octanol–water partition coefficient (Wildman–Crippen LogP) is 3.40. The van der Waals surface area contributed by atoms with Crippen LogP contribution in [0.15, 0.2) is 71.1 Å². The first-order valence-electron chi connectivity index (χ1n) is 7.62. The Hall–Kier alpha value is -2.07. The van der Waals surface area contributed by atoms with Gasteiger partial charge in [-0.1, -0.05) is 41.9 Å². The third kappa shape index (κ3) is 4.23. The van der Waals surface area contributed by atoms with Gasteiger partial charge >= 0.3 is 0 Å². The van der Waals surface area contributed by atoms with Crippen molar-refractivity contribution in [1.82, 2.24) is 0 Å². The van der Waals surface area contributed by atoms with E-state index in [9.17, 15) is 5.11 Å². The number of rotatable bonds is 6. The molecule has 0 saturated carbocycles. The third-order valence-electron chi connectivity index (χ3n) is 3.71. The Bertz CT molecular complexity index is 738. The molecule has 3 aromatic rings. The lowest BCUT2D eigenvalue weighted by molar-refractivity contribution is -0.679. The van der Waals surface area contributed by atoms with Crippen molar-refractivity contribution in [3.8, 4) is 11.3 Å². The van der Waals surface area contributed by atoms with E-state index in [1.165, 1.54) is 0 Å². The van der Waals surface area contributed by atoms with Crippen LogP contribution >= 0.6 is 11.6 Å². The lowest BCUT2D eigenvalue weighted by atomic mass is 10.1. The van der Waals surface area contributed by atoms with Crippen LogP contribution < -0.4 is 5.32 Å². The average Bonchev–Trinajstić information content (AvgIpc) is 3.05. The summed E-state index contributed by atoms with van der Waals surface area (Å²) in [5, 5.41) is 12.9. The third-order valence-corrected chi connectivity index (χ3v) is 3.96. The molecule has 3 nitrogen and oxygen atoms in total. The number of quaternary nitrogens is 1. The van der Waals surface area contributed by atoms with E-state index in [-0.39, 0.29) is 0 Å². The Morgan fingerprint density at radius 3 is 2.43 bits per heavy atom. The summed E-state index contributed by atoms with van der Waals surface area (Å²) in [6.45, 7) is 1.29. The van der Waals surface area contributed by atoms with Crippen molar-refractivity contribution in [2.24, 2.45) is 0 Å². The zero-order chi connectivity index (χ0) is 16.1. The van der Waals surface area contributed by atoms with Crippen LogP contribution in [0.1, 0.15) is 17.4 Å². The molecule has 3 N–H and O–H groups in total. The maximum absolute atomic E-state index is 10.1. The standard InChI is InChI=1S/C19H18ClNO2/c20-16-8-6-15(7-9-16)19-11-10-17(23-19)12-21-13-18(22)14-4-2-1-3-5-14/h1-11,18,21-22H,12-13H2/p+1/t18-/m1/s1. The molecule has 0 aliphatic heterocycles. The molecule has 23 heavy (non-hydrogen) atoms. The van der Waals surface area contributed by atoms with Crippen LogP contribution in [-0.4, -0.2) is 11.7 Å². The first kappa shape index (κ1) is 15.8. The summed E-state index contributed by atoms with van der Waals surface area (Å²) in [5.41, 5.74) is 1.94. The minimum Gasteiger partial charge on any atom is -0.455 e. The number of furan rings is 1. The Morgan fingerprint density at radius 2 is 1.70 bits per heavy atom. The van der Waals surface area contributed by atoms with Crippen molar-refractivity contribution in [2.75, 3.05) is 6.54 Å². The Labute approximate surface area is 140 Å². The van der Waals surface area contributed by atoms with Crippen LogP contribution in [0.4, 0.5) is 0 Å². The van der Waals surface area contributed by atoms with Gasteiger partial charge in [-0.15, -0.1) is 0 Å². The van der Waals surface area contributed by atoms with Gasteiger partial charge in [-0.3, -0.25) is 0 Å². The van der Waals surface area contributed by atoms with E-state index in [2.05, 4.69) is 0 Å². The molecule has 0 saturated heterocycles. The summed E-state index contributed by atoms with van der Waals surface area (Å²) >= 11 is 5.89. The number of benzene rings is 2. The number of aliphatic hydroxyl groups excluding tert-OH is 1. The Balaban J connectivity index is 1.54. The van der Waals surface area contributed by atoms with Crippen LogP contribution in [0.2, 0.25) is 5.02 Å². The van der Waals surface area contributed by atoms with Crippen molar-refractivity contribution in [2.45, 2.75) is 12.6 Å². The van der Waals surface area contributed by atoms with E-state index in [0.717, 1.165) is 22.6 Å². The number of aliphatic hydroxyl groups is 1. The summed E-state index contributed by atoms with van der Waals surface area (Å²) in [7, 11) is 0. The zero-order valence-electron chi connectivity index (χ0n) is 12.7. The van der Waals surface area contributed by atoms with E-state index in [1.807, 2.05) is 72.0 Å². The SMILES string of the molecule is O[C@H](C[NH2+]Cc1ccc(-c2ccc(Cl)cc2)o1)c1ccccc1. The van der Waals surface area contributed by atoms with Crippen LogP contribution in [0, 0.1) is 0 Å². The summed E-state index contributed by atoms with van der Waals surface area (Å²) in [5.74, 6) is 1.71. The topological polar surface area (TPSA) is 50.0 Å². The minimum absolute atomic E-state index is 0.470. The van der Waals surface area contributed by atoms with Crippen molar-refractivity contribution < 1.29 is 14.8 Å². The van der Waals surface area contributed by atoms with Crippen LogP contribution in [0.5, 0.6) is 0 Å². The smallest absolute Gasteiger partial charge is 0.158 e. The fourth-order valence-electron chi connectivity index (χ4n) is 2.45. The molecule has 0 fully saturated rings. The van der Waals surface area contributed by atoms with Crippen molar-refractivity contribution in [3.05, 3.63) is 83.1 Å². The van der Waals surface area contributed by atoms with Crippen LogP contribution in [-0.2, 0) is 6.54 Å². The van der Waals surface area contributed by atoms with Gasteiger partial charge in [-0.2, -0.15) is 0 Å². The van der Waals surface area contributed by atoms with E-state index < -0.39 is 6.10 Å². The first-order chi connectivity index (χ1) is 11.2. The van der Waals surface area contributed by atoms with Gasteiger partial charge in [0.15, 0.2) is 5.76 Å². The van der Waals surface area contributed by atoms with E-state index in [1.54, 1.807) is 0 Å². The molecule has 2 aromatic carbocycles. The van der Waals surface area contributed by atoms with Gasteiger partial charge in [0, 0.05) is 10.6 Å². The van der Waals surface area contributed by atoms with E-state index in [0.29, 0.717) is 18.1 Å². The summed E-state index contributed by atoms with van der Waals surface area (Å²) < 4.78 is 5.84. The molecule has 0 aliphatic rings. The number of hydrogen-bond donors (Lipinski definition) is 2. The fourth-order valence-corrected chi connectivity index (χ4v) is 2.58. The predicted molar refractivity (Wildman–Crippen MR) is 91.1 cm³/mol. The van der Waals surface area contributed by atoms with Crippen molar-refractivity contribution >= 4 is 11.6 Å². The molecule has 1 aromatic heterocycles. The summed E-state index contributed by atoms with van der Waals surface area (Å²) in [4.78, 5) is 0. The number of hydrogen-bond acceptors (Lipinski definition) is 2. The molecular formula is C19H19ClNO2+. The molecule has 0 bridgehead atoms. The minimum atomic E-state index is -0.470. The number of nitrogens with two attached hydrogens (primary N) is 1. The van der Waals surface area contributed by atoms with Gasteiger partial charge < -0.3 is 14.8 Å². The van der Waals surface area contributed by atoms with Crippen LogP contribution in [0.3, 0.4) is 0 Å². The maximum atomic E-state index is 10.1. The van der Waals surface area contributed by atoms with Crippen molar-refractivity contribution in [1.29, 1.82) is 0 Å². The molecule has 0 radical (unpaired) electrons. The lowest BCUT2D eigenvalue weighted by Crippen LogP contribution is -2.83. The molecule has 0 spiro atoms. The molecule has 3 rings (SSSR count). The largest absolute Gasteiger partial charge is 0.455 e. The van der Waals surface area contributed by atoms with Gasteiger partial charge in [0.2, 0.25) is 0 Å². The molecule has 0 amide bonds. The quantitative estimate of drug-likeness (QED) is 0.728. The zero-order valence-corrected chi connectivity index (χ0v) is 13.4. The second kappa shape index (κ2) is 7.47. The normalized spacial score (nSPS) is 12.3. The molecule has 0 unspecified atom stereocenters. The second-order valence-corrected chi connectivity index (χ2v) is 5.86. The molecule has 0 aliphatic carbocycles. The highest BCUT2D eigenvalue weighted by atomic mass is 35.5. The monoisotopic (exact) mass is 328 g/mol. The second-order valence-electron chi connectivity index (χ2n) is 5.43. The van der Waals surface area contributed by atoms with Gasteiger partial charge in [0.05, 0.1) is 0 Å². The van der Waals surface area contributed by atoms with Gasteiger partial charge in [-0.25, -0.2) is 0 Å². The van der Waals surface area contributed by atoms with Crippen molar-refractivity contribution in [3.63, 3.8) is 0 Å². The fraction of sp³-hybridized carbons (Fsp3) is 0.158. The summed E-state index contributed by atoms with van der Waals surface area (Å²) in [6, 6.07) is 21.2. The van der Waals surface area contributed by atoms with Gasteiger partial charge in [-0.05, 0) is 42.0 Å². The highest BCUT2D eigenvalue weighted by Crippen LogP contribution is 2.23. The van der Waals surface area contributed by atoms with Crippen LogP contribution in [0.25, 0.3) is 11.3 Å². The average molecular weight is 329 g/mol. The molecule has 4 heteroatoms. The lowest BCUT2D eigenvalue weighted by Gasteiger charge is -2.08. The molecule has 118 valence electrons. The highest BCUT2D eigenvalue weighted by Gasteiger charge is 2.10. The molecule has 1 atom stereocenters. The van der Waals surface area contributed by atoms with E-state index >= 15 is 0 Å².